The number of aliphatic imine (C=N–C) groups is 1. The third-order valence-corrected chi connectivity index (χ3v) is 4.21. The van der Waals surface area contributed by atoms with E-state index in [4.69, 9.17) is 11.6 Å². The number of fused-ring (bicyclic) bond motifs is 1. The molecule has 5 nitrogen and oxygen atoms in total. The number of rotatable bonds is 5. The number of aromatic nitrogens is 2. The van der Waals surface area contributed by atoms with E-state index in [0.717, 1.165) is 36.3 Å². The molecule has 23 heavy (non-hydrogen) atoms. The summed E-state index contributed by atoms with van der Waals surface area (Å²) in [6, 6.07) is 3.76. The summed E-state index contributed by atoms with van der Waals surface area (Å²) in [5.74, 6) is 1.67. The molecule has 0 atom stereocenters. The van der Waals surface area contributed by atoms with Crippen LogP contribution in [0.1, 0.15) is 31.9 Å². The van der Waals surface area contributed by atoms with Crippen molar-refractivity contribution in [2.24, 2.45) is 10.9 Å². The predicted octanol–water partition coefficient (Wildman–Crippen LogP) is 3.46. The summed E-state index contributed by atoms with van der Waals surface area (Å²) in [5.41, 5.74) is 1.82. The second kappa shape index (κ2) is 8.73. The van der Waals surface area contributed by atoms with Gasteiger partial charge in [0.2, 0.25) is 0 Å². The van der Waals surface area contributed by atoms with Crippen molar-refractivity contribution in [3.05, 3.63) is 35.2 Å². The van der Waals surface area contributed by atoms with E-state index in [2.05, 4.69) is 27.5 Å². The molecule has 0 aromatic carbocycles. The highest BCUT2D eigenvalue weighted by atomic mass is 127. The Morgan fingerprint density at radius 1 is 1.35 bits per heavy atom. The number of hydrogen-bond donors (Lipinski definition) is 2. The molecule has 126 valence electrons. The van der Waals surface area contributed by atoms with Crippen LogP contribution in [0.2, 0.25) is 5.02 Å². The van der Waals surface area contributed by atoms with Gasteiger partial charge in [-0.2, -0.15) is 0 Å². The molecule has 0 saturated heterocycles. The fraction of sp³-hybridized carbons (Fsp3) is 0.500. The molecular weight excluding hydrogens is 425 g/mol. The van der Waals surface area contributed by atoms with Gasteiger partial charge in [-0.05, 0) is 37.8 Å². The van der Waals surface area contributed by atoms with E-state index in [1.807, 2.05) is 28.9 Å². The Kier molecular flexibility index (Phi) is 6.95. The highest BCUT2D eigenvalue weighted by Gasteiger charge is 2.17. The van der Waals surface area contributed by atoms with Crippen molar-refractivity contribution in [3.8, 4) is 0 Å². The van der Waals surface area contributed by atoms with Crippen LogP contribution in [0.15, 0.2) is 29.5 Å². The van der Waals surface area contributed by atoms with E-state index >= 15 is 0 Å². The zero-order chi connectivity index (χ0) is 15.4. The summed E-state index contributed by atoms with van der Waals surface area (Å²) < 4.78 is 1.93. The fourth-order valence-electron chi connectivity index (χ4n) is 2.53. The van der Waals surface area contributed by atoms with Crippen molar-refractivity contribution < 1.29 is 0 Å². The van der Waals surface area contributed by atoms with E-state index in [9.17, 15) is 0 Å². The average Bonchev–Trinajstić information content (AvgIpc) is 2.85. The summed E-state index contributed by atoms with van der Waals surface area (Å²) in [4.78, 5) is 9.17. The van der Waals surface area contributed by atoms with Gasteiger partial charge in [0.15, 0.2) is 5.96 Å². The molecule has 0 bridgehead atoms. The molecule has 0 spiro atoms. The van der Waals surface area contributed by atoms with Crippen LogP contribution in [0.5, 0.6) is 0 Å². The molecule has 0 radical (unpaired) electrons. The van der Waals surface area contributed by atoms with Gasteiger partial charge in [-0.15, -0.1) is 24.0 Å². The van der Waals surface area contributed by atoms with E-state index in [1.54, 1.807) is 0 Å². The molecule has 1 aliphatic rings. The van der Waals surface area contributed by atoms with Crippen molar-refractivity contribution in [1.82, 2.24) is 20.0 Å². The third-order valence-electron chi connectivity index (χ3n) is 3.99. The molecule has 1 aliphatic carbocycles. The van der Waals surface area contributed by atoms with Crippen LogP contribution in [0.4, 0.5) is 0 Å². The van der Waals surface area contributed by atoms with Crippen LogP contribution in [0.25, 0.3) is 5.65 Å². The second-order valence-electron chi connectivity index (χ2n) is 5.72. The number of nitrogens with one attached hydrogen (secondary N) is 2. The Balaban J connectivity index is 0.00000192. The molecule has 3 rings (SSSR count). The molecule has 0 aliphatic heterocycles. The zero-order valence-corrected chi connectivity index (χ0v) is 16.3. The normalized spacial score (nSPS) is 15.1. The minimum atomic E-state index is 0. The first-order valence-electron chi connectivity index (χ1n) is 7.90. The monoisotopic (exact) mass is 447 g/mol. The van der Waals surface area contributed by atoms with Crippen molar-refractivity contribution in [1.29, 1.82) is 0 Å². The van der Waals surface area contributed by atoms with E-state index in [-0.39, 0.29) is 24.0 Å². The minimum absolute atomic E-state index is 0. The van der Waals surface area contributed by atoms with Gasteiger partial charge >= 0.3 is 0 Å². The third kappa shape index (κ3) is 4.97. The first kappa shape index (κ1) is 18.3. The summed E-state index contributed by atoms with van der Waals surface area (Å²) in [6.07, 6.45) is 7.86. The molecule has 2 heterocycles. The fourth-order valence-corrected chi connectivity index (χ4v) is 2.70. The maximum atomic E-state index is 5.99. The molecule has 2 aromatic rings. The van der Waals surface area contributed by atoms with Crippen LogP contribution >= 0.6 is 35.6 Å². The van der Waals surface area contributed by atoms with E-state index in [0.29, 0.717) is 11.6 Å². The second-order valence-corrected chi connectivity index (χ2v) is 6.15. The van der Waals surface area contributed by atoms with Crippen LogP contribution in [0.3, 0.4) is 0 Å². The lowest BCUT2D eigenvalue weighted by atomic mass is 9.85. The standard InChI is InChI=1S/C16H22ClN5.HI/c1-2-18-16(19-8-12-4-3-5-12)20-9-14-11-22-10-13(17)6-7-15(22)21-14;/h6-7,10-12H,2-5,8-9H2,1H3,(H2,18,19,20);1H. The van der Waals surface area contributed by atoms with E-state index in [1.165, 1.54) is 19.3 Å². The number of imidazole rings is 1. The van der Waals surface area contributed by atoms with E-state index < -0.39 is 0 Å². The zero-order valence-electron chi connectivity index (χ0n) is 13.3. The lowest BCUT2D eigenvalue weighted by Gasteiger charge is -2.26. The minimum Gasteiger partial charge on any atom is -0.357 e. The molecule has 0 amide bonds. The predicted molar refractivity (Wildman–Crippen MR) is 106 cm³/mol. The SMILES string of the molecule is CCNC(=NCc1cn2cc(Cl)ccc2n1)NCC1CCC1.I. The number of pyridine rings is 1. The highest BCUT2D eigenvalue weighted by Crippen LogP contribution is 2.25. The van der Waals surface area contributed by atoms with Gasteiger partial charge in [-0.1, -0.05) is 18.0 Å². The molecular formula is C16H23ClIN5. The Labute approximate surface area is 158 Å². The summed E-state index contributed by atoms with van der Waals surface area (Å²) in [7, 11) is 0. The van der Waals surface area contributed by atoms with Gasteiger partial charge in [0, 0.05) is 25.5 Å². The first-order chi connectivity index (χ1) is 10.7. The van der Waals surface area contributed by atoms with Crippen molar-refractivity contribution in [2.45, 2.75) is 32.7 Å². The Morgan fingerprint density at radius 3 is 2.87 bits per heavy atom. The summed E-state index contributed by atoms with van der Waals surface area (Å²) in [5, 5.41) is 7.41. The number of guanidine groups is 1. The van der Waals surface area contributed by atoms with Crippen molar-refractivity contribution >= 4 is 47.2 Å². The quantitative estimate of drug-likeness (QED) is 0.419. The summed E-state index contributed by atoms with van der Waals surface area (Å²) in [6.45, 7) is 4.50. The smallest absolute Gasteiger partial charge is 0.191 e. The number of halogens is 2. The Hall–Kier alpha value is -1.02. The topological polar surface area (TPSA) is 53.7 Å². The van der Waals surface area contributed by atoms with Gasteiger partial charge in [0.1, 0.15) is 5.65 Å². The summed E-state index contributed by atoms with van der Waals surface area (Å²) >= 11 is 5.99. The number of nitrogens with zero attached hydrogens (tertiary/aromatic N) is 3. The van der Waals surface area contributed by atoms with Crippen molar-refractivity contribution in [2.75, 3.05) is 13.1 Å². The Morgan fingerprint density at radius 2 is 2.17 bits per heavy atom. The molecule has 1 fully saturated rings. The van der Waals surface area contributed by atoms with Gasteiger partial charge in [0.25, 0.3) is 0 Å². The highest BCUT2D eigenvalue weighted by molar-refractivity contribution is 14.0. The van der Waals surface area contributed by atoms with Gasteiger partial charge in [0.05, 0.1) is 17.3 Å². The maximum Gasteiger partial charge on any atom is 0.191 e. The van der Waals surface area contributed by atoms with Gasteiger partial charge < -0.3 is 15.0 Å². The van der Waals surface area contributed by atoms with Crippen molar-refractivity contribution in [3.63, 3.8) is 0 Å². The lowest BCUT2D eigenvalue weighted by molar-refractivity contribution is 0.314. The molecule has 1 saturated carbocycles. The maximum absolute atomic E-state index is 5.99. The molecule has 7 heteroatoms. The first-order valence-corrected chi connectivity index (χ1v) is 8.27. The molecule has 0 unspecified atom stereocenters. The Bertz CT molecular complexity index is 666. The largest absolute Gasteiger partial charge is 0.357 e. The van der Waals surface area contributed by atoms with Crippen LogP contribution in [-0.2, 0) is 6.54 Å². The van der Waals surface area contributed by atoms with Crippen LogP contribution < -0.4 is 10.6 Å². The lowest BCUT2D eigenvalue weighted by Crippen LogP contribution is -2.41. The average molecular weight is 448 g/mol. The molecule has 2 aromatic heterocycles. The van der Waals surface area contributed by atoms with Gasteiger partial charge in [-0.25, -0.2) is 9.98 Å². The number of hydrogen-bond acceptors (Lipinski definition) is 2. The van der Waals surface area contributed by atoms with Gasteiger partial charge in [-0.3, -0.25) is 0 Å². The van der Waals surface area contributed by atoms with Crippen LogP contribution in [0, 0.1) is 5.92 Å². The van der Waals surface area contributed by atoms with Crippen LogP contribution in [-0.4, -0.2) is 28.4 Å². The molecule has 2 N–H and O–H groups in total.